The van der Waals surface area contributed by atoms with Crippen LogP contribution in [-0.2, 0) is 23.8 Å². The van der Waals surface area contributed by atoms with Crippen LogP contribution in [0.2, 0.25) is 0 Å². The highest BCUT2D eigenvalue weighted by Gasteiger charge is 2.34. The zero-order chi connectivity index (χ0) is 24.3. The van der Waals surface area contributed by atoms with Gasteiger partial charge < -0.3 is 14.5 Å². The van der Waals surface area contributed by atoms with Crippen LogP contribution in [0.4, 0.5) is 20.6 Å². The number of halogens is 1. The third-order valence-electron chi connectivity index (χ3n) is 5.45. The molecule has 0 radical (unpaired) electrons. The van der Waals surface area contributed by atoms with Crippen molar-refractivity contribution < 1.29 is 31.3 Å². The van der Waals surface area contributed by atoms with Gasteiger partial charge >= 0.3 is 6.09 Å². The van der Waals surface area contributed by atoms with Crippen molar-refractivity contribution in [2.45, 2.75) is 6.10 Å². The van der Waals surface area contributed by atoms with Gasteiger partial charge in [0, 0.05) is 37.1 Å². The molecule has 34 heavy (non-hydrogen) atoms. The van der Waals surface area contributed by atoms with Gasteiger partial charge in [-0.15, -0.1) is 11.3 Å². The fourth-order valence-corrected chi connectivity index (χ4v) is 4.77. The fraction of sp³-hybridized carbons (Fsp3) is 0.364. The topological polar surface area (TPSA) is 96.5 Å². The molecule has 0 aliphatic carbocycles. The average molecular weight is 510 g/mol. The van der Waals surface area contributed by atoms with E-state index < -0.39 is 28.1 Å². The Balaban J connectivity index is 1.34. The maximum Gasteiger partial charge on any atom is 0.414 e. The van der Waals surface area contributed by atoms with E-state index in [1.165, 1.54) is 11.0 Å². The van der Waals surface area contributed by atoms with Gasteiger partial charge in [-0.3, -0.25) is 13.9 Å². The number of hydrogen-bond acceptors (Lipinski definition) is 8. The van der Waals surface area contributed by atoms with Crippen molar-refractivity contribution in [2.75, 3.05) is 55.4 Å². The van der Waals surface area contributed by atoms with E-state index in [1.54, 1.807) is 40.5 Å². The van der Waals surface area contributed by atoms with Crippen LogP contribution in [0, 0.1) is 5.82 Å². The van der Waals surface area contributed by atoms with Gasteiger partial charge in [0.05, 0.1) is 24.2 Å². The Hall–Kier alpha value is -2.96. The molecular weight excluding hydrogens is 485 g/mol. The largest absolute Gasteiger partial charge is 0.441 e. The van der Waals surface area contributed by atoms with E-state index in [4.69, 9.17) is 4.74 Å². The minimum Gasteiger partial charge on any atom is -0.441 e. The molecular formula is C22H24FN3O6S2. The van der Waals surface area contributed by atoms with E-state index in [1.807, 2.05) is 22.4 Å². The molecule has 0 saturated carbocycles. The number of ether oxygens (including phenoxy) is 1. The number of piperazine rings is 1. The number of anilines is 2. The Labute approximate surface area is 201 Å². The van der Waals surface area contributed by atoms with Crippen molar-refractivity contribution in [1.82, 2.24) is 4.90 Å². The van der Waals surface area contributed by atoms with Gasteiger partial charge in [0.1, 0.15) is 18.5 Å². The molecule has 0 bridgehead atoms. The Kier molecular flexibility index (Phi) is 7.19. The van der Waals surface area contributed by atoms with Crippen molar-refractivity contribution in [2.24, 2.45) is 0 Å². The predicted molar refractivity (Wildman–Crippen MR) is 127 cm³/mol. The summed E-state index contributed by atoms with van der Waals surface area (Å²) in [6.07, 6.45) is 2.79. The molecule has 2 fully saturated rings. The van der Waals surface area contributed by atoms with Crippen LogP contribution in [0.1, 0.15) is 4.88 Å². The second-order valence-electron chi connectivity index (χ2n) is 7.90. The van der Waals surface area contributed by atoms with Gasteiger partial charge in [-0.25, -0.2) is 9.18 Å². The van der Waals surface area contributed by atoms with Gasteiger partial charge in [-0.2, -0.15) is 8.42 Å². The van der Waals surface area contributed by atoms with Crippen LogP contribution in [0.3, 0.4) is 0 Å². The molecule has 0 spiro atoms. The molecule has 12 heteroatoms. The minimum absolute atomic E-state index is 0.0485. The summed E-state index contributed by atoms with van der Waals surface area (Å²) >= 11 is 1.55. The molecule has 1 atom stereocenters. The molecule has 2 aliphatic rings. The maximum absolute atomic E-state index is 14.9. The summed E-state index contributed by atoms with van der Waals surface area (Å²) in [7, 11) is -3.66. The standard InChI is InChI=1S/C22H24FN3O6S2/c1-34(29,30)31-15-17-14-26(22(28)32-17)16-4-6-20(19(23)13-16)24-8-10-25(11-9-24)21(27)7-5-18-3-2-12-33-18/h2-7,12-13,17H,8-11,14-15H2,1H3. The number of benzene rings is 1. The predicted octanol–water partition coefficient (Wildman–Crippen LogP) is 2.55. The molecule has 2 saturated heterocycles. The van der Waals surface area contributed by atoms with Crippen LogP contribution in [0.5, 0.6) is 0 Å². The molecule has 1 aromatic carbocycles. The zero-order valence-corrected chi connectivity index (χ0v) is 20.1. The molecule has 0 N–H and O–H groups in total. The van der Waals surface area contributed by atoms with Crippen LogP contribution < -0.4 is 9.80 Å². The van der Waals surface area contributed by atoms with E-state index in [9.17, 15) is 22.4 Å². The molecule has 2 aliphatic heterocycles. The van der Waals surface area contributed by atoms with Gasteiger partial charge in [-0.1, -0.05) is 6.07 Å². The van der Waals surface area contributed by atoms with E-state index in [2.05, 4.69) is 4.18 Å². The Morgan fingerprint density at radius 1 is 1.26 bits per heavy atom. The van der Waals surface area contributed by atoms with Gasteiger partial charge in [0.15, 0.2) is 0 Å². The average Bonchev–Trinajstić information content (AvgIpc) is 3.45. The number of rotatable bonds is 7. The summed E-state index contributed by atoms with van der Waals surface area (Å²) in [6, 6.07) is 8.31. The van der Waals surface area contributed by atoms with Gasteiger partial charge in [0.2, 0.25) is 5.91 Å². The first-order chi connectivity index (χ1) is 16.2. The van der Waals surface area contributed by atoms with Crippen LogP contribution in [0.25, 0.3) is 6.08 Å². The quantitative estimate of drug-likeness (QED) is 0.418. The molecule has 182 valence electrons. The number of carbonyl (C=O) groups is 2. The van der Waals surface area contributed by atoms with E-state index >= 15 is 0 Å². The van der Waals surface area contributed by atoms with E-state index in [0.29, 0.717) is 37.6 Å². The van der Waals surface area contributed by atoms with Crippen LogP contribution in [-0.4, -0.2) is 77.0 Å². The summed E-state index contributed by atoms with van der Waals surface area (Å²) in [6.45, 7) is 1.64. The monoisotopic (exact) mass is 509 g/mol. The molecule has 9 nitrogen and oxygen atoms in total. The second kappa shape index (κ2) is 10.1. The third kappa shape index (κ3) is 5.93. The minimum atomic E-state index is -3.66. The second-order valence-corrected chi connectivity index (χ2v) is 10.5. The molecule has 3 heterocycles. The number of carbonyl (C=O) groups excluding carboxylic acids is 2. The number of amides is 2. The number of cyclic esters (lactones) is 1. The SMILES string of the molecule is CS(=O)(=O)OCC1CN(c2ccc(N3CCN(C(=O)C=Cc4cccs4)CC3)c(F)c2)C(=O)O1. The first-order valence-corrected chi connectivity index (χ1v) is 13.3. The number of thiophene rings is 1. The van der Waals surface area contributed by atoms with Gasteiger partial charge in [-0.05, 0) is 35.7 Å². The smallest absolute Gasteiger partial charge is 0.414 e. The Morgan fingerprint density at radius 2 is 2.03 bits per heavy atom. The number of hydrogen-bond donors (Lipinski definition) is 0. The van der Waals surface area contributed by atoms with E-state index in [-0.39, 0.29) is 19.1 Å². The van der Waals surface area contributed by atoms with Crippen LogP contribution >= 0.6 is 11.3 Å². The lowest BCUT2D eigenvalue weighted by Gasteiger charge is -2.36. The first-order valence-electron chi connectivity index (χ1n) is 10.6. The molecule has 2 amide bonds. The fourth-order valence-electron chi connectivity index (χ4n) is 3.75. The number of nitrogens with zero attached hydrogens (tertiary/aromatic N) is 3. The highest BCUT2D eigenvalue weighted by molar-refractivity contribution is 7.85. The van der Waals surface area contributed by atoms with Crippen molar-refractivity contribution in [3.05, 3.63) is 52.5 Å². The lowest BCUT2D eigenvalue weighted by atomic mass is 10.2. The van der Waals surface area contributed by atoms with Crippen molar-refractivity contribution in [3.8, 4) is 0 Å². The van der Waals surface area contributed by atoms with Crippen LogP contribution in [0.15, 0.2) is 41.8 Å². The van der Waals surface area contributed by atoms with Crippen molar-refractivity contribution in [3.63, 3.8) is 0 Å². The third-order valence-corrected chi connectivity index (χ3v) is 6.85. The summed E-state index contributed by atoms with van der Waals surface area (Å²) in [4.78, 5) is 30.4. The molecule has 4 rings (SSSR count). The van der Waals surface area contributed by atoms with E-state index in [0.717, 1.165) is 11.1 Å². The molecule has 1 aromatic heterocycles. The van der Waals surface area contributed by atoms with Crippen molar-refractivity contribution in [1.29, 1.82) is 0 Å². The normalized spacial score (nSPS) is 19.2. The summed E-state index contributed by atoms with van der Waals surface area (Å²) in [5, 5.41) is 1.95. The molecule has 2 aromatic rings. The summed E-state index contributed by atoms with van der Waals surface area (Å²) in [5.41, 5.74) is 0.690. The molecule has 1 unspecified atom stereocenters. The van der Waals surface area contributed by atoms with Crippen molar-refractivity contribution >= 4 is 50.9 Å². The Morgan fingerprint density at radius 3 is 2.68 bits per heavy atom. The highest BCUT2D eigenvalue weighted by atomic mass is 32.2. The Bertz CT molecular complexity index is 1180. The summed E-state index contributed by atoms with van der Waals surface area (Å²) in [5.74, 6) is -0.579. The van der Waals surface area contributed by atoms with Gasteiger partial charge in [0.25, 0.3) is 10.1 Å². The first kappa shape index (κ1) is 24.2. The lowest BCUT2D eigenvalue weighted by Crippen LogP contribution is -2.48. The zero-order valence-electron chi connectivity index (χ0n) is 18.4. The summed E-state index contributed by atoms with van der Waals surface area (Å²) < 4.78 is 47.0. The maximum atomic E-state index is 14.9. The lowest BCUT2D eigenvalue weighted by molar-refractivity contribution is -0.126. The highest BCUT2D eigenvalue weighted by Crippen LogP contribution is 2.28.